The molecule has 4 aliphatic rings. The summed E-state index contributed by atoms with van der Waals surface area (Å²) in [6, 6.07) is 4.83. The zero-order valence-electron chi connectivity index (χ0n) is 14.7. The second-order valence-corrected chi connectivity index (χ2v) is 7.73. The molecule has 1 N–H and O–H groups in total. The molecular formula is C18H18F5N3O2. The first-order chi connectivity index (χ1) is 13.2. The van der Waals surface area contributed by atoms with Crippen molar-refractivity contribution in [2.45, 2.75) is 43.4 Å². The second-order valence-electron chi connectivity index (χ2n) is 7.73. The standard InChI is InChI=1S/C18H18F5N3O2/c19-17(20)7-10(17)6-14-24-25-16-15(18(21,22)23)11(3-4-26(14)16)9-1-2-12-13(5-9)28-8-27-12/h1-2,5,10-11,14-15,24H,3-4,6-8H2. The number of hydrogen-bond donors (Lipinski definition) is 1. The molecule has 4 unspecified atom stereocenters. The number of hydrogen-bond acceptors (Lipinski definition) is 5. The van der Waals surface area contributed by atoms with Gasteiger partial charge in [-0.3, -0.25) is 5.43 Å². The summed E-state index contributed by atoms with van der Waals surface area (Å²) < 4.78 is 79.0. The lowest BCUT2D eigenvalue weighted by molar-refractivity contribution is -0.166. The Hall–Kier alpha value is -2.26. The van der Waals surface area contributed by atoms with Crippen molar-refractivity contribution in [3.05, 3.63) is 23.8 Å². The average Bonchev–Trinajstić information content (AvgIpc) is 3.01. The van der Waals surface area contributed by atoms with Crippen molar-refractivity contribution in [3.63, 3.8) is 0 Å². The molecule has 1 aromatic carbocycles. The number of hydrazone groups is 1. The first-order valence-electron chi connectivity index (χ1n) is 9.18. The maximum Gasteiger partial charge on any atom is 0.399 e. The smallest absolute Gasteiger partial charge is 0.399 e. The monoisotopic (exact) mass is 403 g/mol. The molecule has 10 heteroatoms. The first kappa shape index (κ1) is 17.8. The lowest BCUT2D eigenvalue weighted by atomic mass is 9.79. The summed E-state index contributed by atoms with van der Waals surface area (Å²) in [6.45, 7) is 0.366. The summed E-state index contributed by atoms with van der Waals surface area (Å²) in [6.07, 6.45) is -5.02. The van der Waals surface area contributed by atoms with Gasteiger partial charge in [0.1, 0.15) is 17.9 Å². The van der Waals surface area contributed by atoms with E-state index in [0.29, 0.717) is 23.6 Å². The topological polar surface area (TPSA) is 46.1 Å². The predicted molar refractivity (Wildman–Crippen MR) is 88.2 cm³/mol. The normalized spacial score (nSPS) is 32.6. The number of benzene rings is 1. The van der Waals surface area contributed by atoms with E-state index in [1.54, 1.807) is 18.2 Å². The number of fused-ring (bicyclic) bond motifs is 2. The maximum atomic E-state index is 14.0. The molecule has 28 heavy (non-hydrogen) atoms. The molecule has 2 fully saturated rings. The van der Waals surface area contributed by atoms with Crippen molar-refractivity contribution in [1.82, 2.24) is 10.3 Å². The van der Waals surface area contributed by atoms with Gasteiger partial charge in [0.25, 0.3) is 5.92 Å². The van der Waals surface area contributed by atoms with Crippen LogP contribution in [0, 0.1) is 11.8 Å². The van der Waals surface area contributed by atoms with Gasteiger partial charge in [0.05, 0.1) is 0 Å². The van der Waals surface area contributed by atoms with Crippen LogP contribution in [0.3, 0.4) is 0 Å². The number of piperidine rings is 1. The Morgan fingerprint density at radius 3 is 2.68 bits per heavy atom. The fraction of sp³-hybridized carbons (Fsp3) is 0.611. The average molecular weight is 403 g/mol. The van der Waals surface area contributed by atoms with Crippen molar-refractivity contribution in [2.75, 3.05) is 13.3 Å². The van der Waals surface area contributed by atoms with Gasteiger partial charge in [-0.2, -0.15) is 18.3 Å². The van der Waals surface area contributed by atoms with Gasteiger partial charge in [0, 0.05) is 24.8 Å². The van der Waals surface area contributed by atoms with Crippen molar-refractivity contribution >= 4 is 5.84 Å². The molecule has 1 saturated heterocycles. The van der Waals surface area contributed by atoms with Crippen LogP contribution in [0.15, 0.2) is 23.3 Å². The Labute approximate surface area is 157 Å². The van der Waals surface area contributed by atoms with Crippen LogP contribution >= 0.6 is 0 Å². The molecule has 0 amide bonds. The molecule has 152 valence electrons. The molecule has 0 aromatic heterocycles. The third kappa shape index (κ3) is 2.84. The highest BCUT2D eigenvalue weighted by Crippen LogP contribution is 2.53. The van der Waals surface area contributed by atoms with E-state index >= 15 is 0 Å². The summed E-state index contributed by atoms with van der Waals surface area (Å²) >= 11 is 0. The van der Waals surface area contributed by atoms with E-state index in [-0.39, 0.29) is 31.9 Å². The van der Waals surface area contributed by atoms with Crippen LogP contribution in [0.25, 0.3) is 0 Å². The summed E-state index contributed by atoms with van der Waals surface area (Å²) in [7, 11) is 0. The number of halogens is 5. The third-order valence-corrected chi connectivity index (χ3v) is 6.00. The van der Waals surface area contributed by atoms with Gasteiger partial charge in [0.2, 0.25) is 6.79 Å². The Kier molecular flexibility index (Phi) is 3.73. The fourth-order valence-electron chi connectivity index (χ4n) is 4.43. The Bertz CT molecular complexity index is 828. The fourth-order valence-corrected chi connectivity index (χ4v) is 4.43. The van der Waals surface area contributed by atoms with Gasteiger partial charge >= 0.3 is 6.18 Å². The number of alkyl halides is 5. The van der Waals surface area contributed by atoms with Crippen LogP contribution < -0.4 is 14.9 Å². The molecule has 5 rings (SSSR count). The largest absolute Gasteiger partial charge is 0.454 e. The van der Waals surface area contributed by atoms with Crippen LogP contribution in [-0.2, 0) is 0 Å². The minimum atomic E-state index is -4.52. The van der Waals surface area contributed by atoms with E-state index in [2.05, 4.69) is 10.5 Å². The summed E-state index contributed by atoms with van der Waals surface area (Å²) in [4.78, 5) is 1.51. The molecule has 3 aliphatic heterocycles. The minimum absolute atomic E-state index is 0.0457. The Balaban J connectivity index is 1.41. The highest BCUT2D eigenvalue weighted by Gasteiger charge is 2.59. The minimum Gasteiger partial charge on any atom is -0.454 e. The number of rotatable bonds is 3. The van der Waals surface area contributed by atoms with Crippen LogP contribution in [0.1, 0.15) is 30.7 Å². The van der Waals surface area contributed by atoms with E-state index in [9.17, 15) is 22.0 Å². The third-order valence-electron chi connectivity index (χ3n) is 6.00. The molecule has 1 aliphatic carbocycles. The predicted octanol–water partition coefficient (Wildman–Crippen LogP) is 3.67. The molecule has 1 aromatic rings. The van der Waals surface area contributed by atoms with Crippen LogP contribution in [0.5, 0.6) is 11.5 Å². The summed E-state index contributed by atoms with van der Waals surface area (Å²) in [5.74, 6) is -5.31. The lowest BCUT2D eigenvalue weighted by Crippen LogP contribution is -2.52. The van der Waals surface area contributed by atoms with E-state index in [1.165, 1.54) is 4.90 Å². The molecule has 5 nitrogen and oxygen atoms in total. The number of ether oxygens (including phenoxy) is 2. The molecular weight excluding hydrogens is 385 g/mol. The van der Waals surface area contributed by atoms with Crippen molar-refractivity contribution in [3.8, 4) is 11.5 Å². The van der Waals surface area contributed by atoms with Gasteiger partial charge in [-0.05, 0) is 30.5 Å². The van der Waals surface area contributed by atoms with Crippen LogP contribution in [0.2, 0.25) is 0 Å². The maximum absolute atomic E-state index is 14.0. The van der Waals surface area contributed by atoms with Crippen molar-refractivity contribution in [1.29, 1.82) is 0 Å². The second kappa shape index (κ2) is 5.87. The van der Waals surface area contributed by atoms with Gasteiger partial charge in [-0.25, -0.2) is 8.78 Å². The Morgan fingerprint density at radius 2 is 1.96 bits per heavy atom. The van der Waals surface area contributed by atoms with E-state index in [4.69, 9.17) is 9.47 Å². The van der Waals surface area contributed by atoms with Crippen LogP contribution in [0.4, 0.5) is 22.0 Å². The first-order valence-corrected chi connectivity index (χ1v) is 9.18. The van der Waals surface area contributed by atoms with E-state index < -0.39 is 36.0 Å². The lowest BCUT2D eigenvalue weighted by Gasteiger charge is -2.40. The van der Waals surface area contributed by atoms with Gasteiger partial charge < -0.3 is 14.4 Å². The van der Waals surface area contributed by atoms with E-state index in [1.807, 2.05) is 0 Å². The van der Waals surface area contributed by atoms with Gasteiger partial charge in [0.15, 0.2) is 11.5 Å². The highest BCUT2D eigenvalue weighted by molar-refractivity contribution is 5.88. The zero-order chi connectivity index (χ0) is 19.7. The SMILES string of the molecule is FC(F)(F)C1C2=NNC(CC3CC3(F)F)N2CCC1c1ccc2c(c1)OCO2. The van der Waals surface area contributed by atoms with Gasteiger partial charge in [-0.15, -0.1) is 0 Å². The van der Waals surface area contributed by atoms with Crippen molar-refractivity contribution in [2.24, 2.45) is 16.9 Å². The molecule has 1 saturated carbocycles. The summed E-state index contributed by atoms with van der Waals surface area (Å²) in [5, 5.41) is 3.94. The number of nitrogens with zero attached hydrogens (tertiary/aromatic N) is 2. The molecule has 3 heterocycles. The number of nitrogens with one attached hydrogen (secondary N) is 1. The van der Waals surface area contributed by atoms with Gasteiger partial charge in [-0.1, -0.05) is 6.07 Å². The summed E-state index contributed by atoms with van der Waals surface area (Å²) in [5.41, 5.74) is 3.17. The zero-order valence-corrected chi connectivity index (χ0v) is 14.7. The molecule has 0 spiro atoms. The highest BCUT2D eigenvalue weighted by atomic mass is 19.4. The van der Waals surface area contributed by atoms with Crippen molar-refractivity contribution < 1.29 is 31.4 Å². The molecule has 4 atom stereocenters. The van der Waals surface area contributed by atoms with E-state index in [0.717, 1.165) is 0 Å². The number of amidine groups is 1. The Morgan fingerprint density at radius 1 is 1.21 bits per heavy atom. The molecule has 0 radical (unpaired) electrons. The quantitative estimate of drug-likeness (QED) is 0.783. The van der Waals surface area contributed by atoms with Crippen LogP contribution in [-0.4, -0.2) is 42.3 Å². The molecule has 0 bridgehead atoms.